The molecule has 1 N–H and O–H groups in total. The Balaban J connectivity index is 1.69. The van der Waals surface area contributed by atoms with Gasteiger partial charge in [-0.2, -0.15) is 0 Å². The summed E-state index contributed by atoms with van der Waals surface area (Å²) in [6, 6.07) is 12.8. The maximum absolute atomic E-state index is 13.2. The smallest absolute Gasteiger partial charge is 0.263 e. The summed E-state index contributed by atoms with van der Waals surface area (Å²) in [4.78, 5) is 30.9. The number of amides is 1. The fraction of sp³-hybridized carbons (Fsp3) is 0.174. The largest absolute Gasteiger partial charge is 0.324 e. The molecular formula is C23H20FN3O2S. The number of hydrogen-bond acceptors (Lipinski definition) is 4. The highest BCUT2D eigenvalue weighted by Gasteiger charge is 2.20. The van der Waals surface area contributed by atoms with Crippen molar-refractivity contribution < 1.29 is 9.18 Å². The van der Waals surface area contributed by atoms with Crippen LogP contribution in [0.2, 0.25) is 0 Å². The summed E-state index contributed by atoms with van der Waals surface area (Å²) < 4.78 is 14.4. The minimum atomic E-state index is -0.783. The molecule has 4 aromatic rings. The molecule has 152 valence electrons. The molecule has 0 saturated carbocycles. The summed E-state index contributed by atoms with van der Waals surface area (Å²) in [5.41, 5.74) is 3.18. The van der Waals surface area contributed by atoms with E-state index in [-0.39, 0.29) is 17.3 Å². The Hall–Kier alpha value is -3.32. The average molecular weight is 421 g/mol. The molecule has 0 spiro atoms. The van der Waals surface area contributed by atoms with Crippen molar-refractivity contribution in [1.82, 2.24) is 9.55 Å². The maximum atomic E-state index is 13.2. The molecule has 4 rings (SSSR count). The fourth-order valence-corrected chi connectivity index (χ4v) is 4.17. The maximum Gasteiger partial charge on any atom is 0.263 e. The van der Waals surface area contributed by atoms with E-state index in [0.29, 0.717) is 15.9 Å². The number of nitrogens with one attached hydrogen (secondary N) is 1. The molecule has 0 fully saturated rings. The van der Waals surface area contributed by atoms with Crippen molar-refractivity contribution >= 4 is 33.1 Å². The van der Waals surface area contributed by atoms with E-state index in [2.05, 4.69) is 17.2 Å². The predicted molar refractivity (Wildman–Crippen MR) is 118 cm³/mol. The minimum absolute atomic E-state index is 0.266. The quantitative estimate of drug-likeness (QED) is 0.492. The number of benzene rings is 2. The van der Waals surface area contributed by atoms with E-state index in [9.17, 15) is 14.0 Å². The molecule has 2 aromatic carbocycles. The normalized spacial score (nSPS) is 12.1. The topological polar surface area (TPSA) is 64.0 Å². The van der Waals surface area contributed by atoms with Gasteiger partial charge in [0.15, 0.2) is 0 Å². The Bertz CT molecular complexity index is 1260. The summed E-state index contributed by atoms with van der Waals surface area (Å²) >= 11 is 1.41. The zero-order chi connectivity index (χ0) is 21.3. The molecule has 1 amide bonds. The van der Waals surface area contributed by atoms with Gasteiger partial charge >= 0.3 is 0 Å². The van der Waals surface area contributed by atoms with Crippen LogP contribution in [-0.4, -0.2) is 15.5 Å². The van der Waals surface area contributed by atoms with Gasteiger partial charge in [-0.25, -0.2) is 9.37 Å². The number of aryl methyl sites for hydroxylation is 1. The number of hydrogen-bond donors (Lipinski definition) is 1. The molecule has 0 saturated heterocycles. The minimum Gasteiger partial charge on any atom is -0.324 e. The lowest BCUT2D eigenvalue weighted by atomic mass is 10.0. The average Bonchev–Trinajstić information content (AvgIpc) is 3.20. The van der Waals surface area contributed by atoms with E-state index < -0.39 is 6.04 Å². The van der Waals surface area contributed by atoms with Crippen LogP contribution in [0.1, 0.15) is 25.5 Å². The lowest BCUT2D eigenvalue weighted by Crippen LogP contribution is -2.31. The Labute approximate surface area is 176 Å². The molecule has 0 bridgehead atoms. The van der Waals surface area contributed by atoms with E-state index in [1.807, 2.05) is 29.6 Å². The Morgan fingerprint density at radius 3 is 2.53 bits per heavy atom. The van der Waals surface area contributed by atoms with Crippen molar-refractivity contribution in [2.75, 3.05) is 5.32 Å². The van der Waals surface area contributed by atoms with Crippen molar-refractivity contribution in [2.45, 2.75) is 26.3 Å². The second-order valence-corrected chi connectivity index (χ2v) is 7.87. The molecule has 0 aliphatic heterocycles. The Kier molecular flexibility index (Phi) is 5.46. The molecule has 0 aliphatic carbocycles. The van der Waals surface area contributed by atoms with Crippen molar-refractivity contribution in [2.24, 2.45) is 0 Å². The Morgan fingerprint density at radius 2 is 1.87 bits per heavy atom. The van der Waals surface area contributed by atoms with E-state index in [1.54, 1.807) is 6.92 Å². The van der Waals surface area contributed by atoms with Crippen LogP contribution in [0, 0.1) is 5.82 Å². The van der Waals surface area contributed by atoms with E-state index in [1.165, 1.54) is 52.1 Å². The second-order valence-electron chi connectivity index (χ2n) is 7.01. The Morgan fingerprint density at radius 1 is 1.17 bits per heavy atom. The van der Waals surface area contributed by atoms with Gasteiger partial charge in [-0.05, 0) is 48.7 Å². The van der Waals surface area contributed by atoms with Crippen LogP contribution < -0.4 is 10.9 Å². The van der Waals surface area contributed by atoms with Gasteiger partial charge in [0.2, 0.25) is 5.91 Å². The summed E-state index contributed by atoms with van der Waals surface area (Å²) in [5.74, 6) is -0.766. The SMILES string of the molecule is CCc1ccc(-c2csc3ncn(C(C)C(=O)Nc4ccc(F)cc4)c(=O)c23)cc1. The third-order valence-electron chi connectivity index (χ3n) is 5.10. The zero-order valence-corrected chi connectivity index (χ0v) is 17.4. The van der Waals surface area contributed by atoms with Gasteiger partial charge in [0.1, 0.15) is 16.7 Å². The molecular weight excluding hydrogens is 401 g/mol. The molecule has 0 aliphatic rings. The van der Waals surface area contributed by atoms with Crippen LogP contribution in [0.25, 0.3) is 21.3 Å². The number of aromatic nitrogens is 2. The van der Waals surface area contributed by atoms with E-state index in [0.717, 1.165) is 17.5 Å². The second kappa shape index (κ2) is 8.20. The number of halogens is 1. The van der Waals surface area contributed by atoms with Gasteiger partial charge in [-0.1, -0.05) is 31.2 Å². The number of carbonyl (C=O) groups excluding carboxylic acids is 1. The number of carbonyl (C=O) groups is 1. The first-order chi connectivity index (χ1) is 14.5. The monoisotopic (exact) mass is 421 g/mol. The van der Waals surface area contributed by atoms with Gasteiger partial charge in [-0.15, -0.1) is 11.3 Å². The zero-order valence-electron chi connectivity index (χ0n) is 16.6. The van der Waals surface area contributed by atoms with Gasteiger partial charge in [0.05, 0.1) is 11.7 Å². The number of rotatable bonds is 5. The van der Waals surface area contributed by atoms with E-state index in [4.69, 9.17) is 0 Å². The van der Waals surface area contributed by atoms with Crippen LogP contribution >= 0.6 is 11.3 Å². The molecule has 1 atom stereocenters. The highest BCUT2D eigenvalue weighted by Crippen LogP contribution is 2.31. The van der Waals surface area contributed by atoms with Crippen LogP contribution in [0.5, 0.6) is 0 Å². The van der Waals surface area contributed by atoms with Gasteiger partial charge in [0.25, 0.3) is 5.56 Å². The molecule has 2 heterocycles. The predicted octanol–water partition coefficient (Wildman–Crippen LogP) is 5.03. The number of nitrogens with zero attached hydrogens (tertiary/aromatic N) is 2. The van der Waals surface area contributed by atoms with Gasteiger partial charge < -0.3 is 5.32 Å². The highest BCUT2D eigenvalue weighted by atomic mass is 32.1. The van der Waals surface area contributed by atoms with Gasteiger partial charge in [0, 0.05) is 16.6 Å². The molecule has 5 nitrogen and oxygen atoms in total. The third-order valence-corrected chi connectivity index (χ3v) is 5.99. The number of fused-ring (bicyclic) bond motifs is 1. The lowest BCUT2D eigenvalue weighted by molar-refractivity contribution is -0.118. The molecule has 7 heteroatoms. The van der Waals surface area contributed by atoms with Crippen LogP contribution in [0.4, 0.5) is 10.1 Å². The third kappa shape index (κ3) is 3.76. The van der Waals surface area contributed by atoms with Crippen LogP contribution in [0.15, 0.2) is 65.0 Å². The first-order valence-electron chi connectivity index (χ1n) is 9.62. The van der Waals surface area contributed by atoms with Gasteiger partial charge in [-0.3, -0.25) is 14.2 Å². The number of anilines is 1. The number of thiophene rings is 1. The fourth-order valence-electron chi connectivity index (χ4n) is 3.26. The lowest BCUT2D eigenvalue weighted by Gasteiger charge is -2.15. The summed E-state index contributed by atoms with van der Waals surface area (Å²) in [6.07, 6.45) is 2.35. The molecule has 2 aromatic heterocycles. The molecule has 1 unspecified atom stereocenters. The molecule has 0 radical (unpaired) electrons. The van der Waals surface area contributed by atoms with Crippen molar-refractivity contribution in [3.63, 3.8) is 0 Å². The summed E-state index contributed by atoms with van der Waals surface area (Å²) in [7, 11) is 0. The van der Waals surface area contributed by atoms with Crippen molar-refractivity contribution in [3.05, 3.63) is 82.0 Å². The summed E-state index contributed by atoms with van der Waals surface area (Å²) in [5, 5.41) is 5.14. The molecule has 30 heavy (non-hydrogen) atoms. The van der Waals surface area contributed by atoms with Crippen LogP contribution in [0.3, 0.4) is 0 Å². The van der Waals surface area contributed by atoms with E-state index >= 15 is 0 Å². The summed E-state index contributed by atoms with van der Waals surface area (Å²) in [6.45, 7) is 3.73. The highest BCUT2D eigenvalue weighted by molar-refractivity contribution is 7.17. The van der Waals surface area contributed by atoms with Crippen molar-refractivity contribution in [1.29, 1.82) is 0 Å². The van der Waals surface area contributed by atoms with Crippen molar-refractivity contribution in [3.8, 4) is 11.1 Å². The standard InChI is InChI=1S/C23H20FN3O2S/c1-3-15-4-6-16(7-5-15)19-12-30-22-20(19)23(29)27(13-25-22)14(2)21(28)26-18-10-8-17(24)9-11-18/h4-14H,3H2,1-2H3,(H,26,28). The first-order valence-corrected chi connectivity index (χ1v) is 10.5. The first kappa shape index (κ1) is 20.0. The van der Waals surface area contributed by atoms with Crippen LogP contribution in [-0.2, 0) is 11.2 Å².